The number of imide groups is 1. The van der Waals surface area contributed by atoms with Crippen LogP contribution in [0.3, 0.4) is 0 Å². The predicted molar refractivity (Wildman–Crippen MR) is 111 cm³/mol. The topological polar surface area (TPSA) is 84.0 Å². The molecule has 7 nitrogen and oxygen atoms in total. The molecule has 1 heterocycles. The third kappa shape index (κ3) is 4.05. The highest BCUT2D eigenvalue weighted by Crippen LogP contribution is 2.28. The summed E-state index contributed by atoms with van der Waals surface area (Å²) in [5.41, 5.74) is 0.994. The summed E-state index contributed by atoms with van der Waals surface area (Å²) in [4.78, 5) is 52.3. The fraction of sp³-hybridized carbons (Fsp3) is 0.130. The molecule has 0 bridgehead atoms. The van der Waals surface area contributed by atoms with Gasteiger partial charge in [-0.05, 0) is 30.3 Å². The van der Waals surface area contributed by atoms with Gasteiger partial charge in [0.15, 0.2) is 6.61 Å². The summed E-state index contributed by atoms with van der Waals surface area (Å²) < 4.78 is 5.11. The van der Waals surface area contributed by atoms with Gasteiger partial charge in [-0.3, -0.25) is 14.4 Å². The van der Waals surface area contributed by atoms with E-state index in [1.807, 2.05) is 0 Å². The molecule has 3 rings (SSSR count). The molecule has 2 aromatic rings. The normalized spacial score (nSPS) is 12.3. The fourth-order valence-electron chi connectivity index (χ4n) is 3.09. The van der Waals surface area contributed by atoms with Crippen molar-refractivity contribution < 1.29 is 23.9 Å². The largest absolute Gasteiger partial charge is 0.452 e. The van der Waals surface area contributed by atoms with Gasteiger partial charge in [0.25, 0.3) is 17.7 Å². The lowest BCUT2D eigenvalue weighted by Crippen LogP contribution is -2.35. The maximum absolute atomic E-state index is 12.6. The minimum absolute atomic E-state index is 0.121. The summed E-state index contributed by atoms with van der Waals surface area (Å²) >= 11 is 0. The highest BCUT2D eigenvalue weighted by atomic mass is 16.5. The van der Waals surface area contributed by atoms with Crippen LogP contribution in [0.1, 0.15) is 31.1 Å². The molecule has 0 fully saturated rings. The van der Waals surface area contributed by atoms with Gasteiger partial charge in [-0.1, -0.05) is 30.4 Å². The van der Waals surface area contributed by atoms with Gasteiger partial charge in [-0.25, -0.2) is 9.69 Å². The first-order valence-electron chi connectivity index (χ1n) is 9.22. The first kappa shape index (κ1) is 20.7. The molecule has 2 aromatic carbocycles. The molecule has 0 radical (unpaired) electrons. The maximum Gasteiger partial charge on any atom is 0.338 e. The second-order valence-electron chi connectivity index (χ2n) is 6.49. The van der Waals surface area contributed by atoms with E-state index in [1.54, 1.807) is 48.6 Å². The molecule has 0 saturated carbocycles. The van der Waals surface area contributed by atoms with E-state index in [0.717, 1.165) is 4.90 Å². The van der Waals surface area contributed by atoms with Crippen molar-refractivity contribution in [1.82, 2.24) is 4.90 Å². The number of rotatable bonds is 8. The molecule has 1 aliphatic heterocycles. The standard InChI is InChI=1S/C23H20N2O5/c1-3-12-24(13-4-2)20(26)15-30-23(29)16-8-7-9-17(14-16)25-21(27)18-10-5-6-11-19(18)22(25)28/h3-11,14H,1-2,12-13,15H2. The molecule has 0 spiro atoms. The van der Waals surface area contributed by atoms with Gasteiger partial charge < -0.3 is 9.64 Å². The number of carbonyl (C=O) groups is 4. The zero-order chi connectivity index (χ0) is 21.7. The average molecular weight is 404 g/mol. The van der Waals surface area contributed by atoms with Crippen LogP contribution in [0.2, 0.25) is 0 Å². The fourth-order valence-corrected chi connectivity index (χ4v) is 3.09. The Bertz CT molecular complexity index is 998. The van der Waals surface area contributed by atoms with E-state index in [-0.39, 0.29) is 17.2 Å². The van der Waals surface area contributed by atoms with Gasteiger partial charge >= 0.3 is 5.97 Å². The molecular formula is C23H20N2O5. The Kier molecular flexibility index (Phi) is 6.22. The molecule has 0 aromatic heterocycles. The zero-order valence-corrected chi connectivity index (χ0v) is 16.2. The van der Waals surface area contributed by atoms with Crippen LogP contribution in [0.5, 0.6) is 0 Å². The summed E-state index contributed by atoms with van der Waals surface area (Å²) in [6, 6.07) is 12.5. The summed E-state index contributed by atoms with van der Waals surface area (Å²) in [6.45, 7) is 7.33. The van der Waals surface area contributed by atoms with E-state index in [0.29, 0.717) is 24.2 Å². The van der Waals surface area contributed by atoms with Crippen molar-refractivity contribution >= 4 is 29.4 Å². The molecule has 0 N–H and O–H groups in total. The van der Waals surface area contributed by atoms with Gasteiger partial charge in [-0.15, -0.1) is 13.2 Å². The molecule has 0 atom stereocenters. The van der Waals surface area contributed by atoms with E-state index in [4.69, 9.17) is 4.74 Å². The van der Waals surface area contributed by atoms with E-state index in [2.05, 4.69) is 13.2 Å². The van der Waals surface area contributed by atoms with Crippen molar-refractivity contribution in [3.63, 3.8) is 0 Å². The SMILES string of the molecule is C=CCN(CC=C)C(=O)COC(=O)c1cccc(N2C(=O)c3ccccc3C2=O)c1. The predicted octanol–water partition coefficient (Wildman–Crippen LogP) is 2.84. The van der Waals surface area contributed by atoms with Crippen molar-refractivity contribution in [2.45, 2.75) is 0 Å². The zero-order valence-electron chi connectivity index (χ0n) is 16.2. The second-order valence-corrected chi connectivity index (χ2v) is 6.49. The molecule has 0 saturated heterocycles. The number of ether oxygens (including phenoxy) is 1. The van der Waals surface area contributed by atoms with Crippen LogP contribution >= 0.6 is 0 Å². The summed E-state index contributed by atoms with van der Waals surface area (Å²) in [7, 11) is 0. The number of carbonyl (C=O) groups excluding carboxylic acids is 4. The minimum Gasteiger partial charge on any atom is -0.452 e. The van der Waals surface area contributed by atoms with Crippen LogP contribution in [-0.2, 0) is 9.53 Å². The van der Waals surface area contributed by atoms with Gasteiger partial charge in [0.1, 0.15) is 0 Å². The highest BCUT2D eigenvalue weighted by Gasteiger charge is 2.36. The average Bonchev–Trinajstić information content (AvgIpc) is 3.02. The number of benzene rings is 2. The van der Waals surface area contributed by atoms with E-state index in [1.165, 1.54) is 17.0 Å². The van der Waals surface area contributed by atoms with Crippen LogP contribution in [0.4, 0.5) is 5.69 Å². The van der Waals surface area contributed by atoms with Crippen molar-refractivity contribution in [3.8, 4) is 0 Å². The number of hydrogen-bond donors (Lipinski definition) is 0. The van der Waals surface area contributed by atoms with Crippen molar-refractivity contribution in [1.29, 1.82) is 0 Å². The van der Waals surface area contributed by atoms with Crippen molar-refractivity contribution in [2.24, 2.45) is 0 Å². The summed E-state index contributed by atoms with van der Waals surface area (Å²) in [5.74, 6) is -2.04. The highest BCUT2D eigenvalue weighted by molar-refractivity contribution is 6.34. The van der Waals surface area contributed by atoms with E-state index >= 15 is 0 Å². The number of nitrogens with zero attached hydrogens (tertiary/aromatic N) is 2. The number of anilines is 1. The monoisotopic (exact) mass is 404 g/mol. The van der Waals surface area contributed by atoms with Gasteiger partial charge in [0, 0.05) is 13.1 Å². The van der Waals surface area contributed by atoms with Crippen LogP contribution < -0.4 is 4.90 Å². The first-order chi connectivity index (χ1) is 14.5. The molecule has 0 unspecified atom stereocenters. The Balaban J connectivity index is 1.73. The smallest absolute Gasteiger partial charge is 0.338 e. The Morgan fingerprint density at radius 1 is 0.933 bits per heavy atom. The summed E-state index contributed by atoms with van der Waals surface area (Å²) in [5, 5.41) is 0. The van der Waals surface area contributed by atoms with Gasteiger partial charge in [-0.2, -0.15) is 0 Å². The lowest BCUT2D eigenvalue weighted by Gasteiger charge is -2.19. The van der Waals surface area contributed by atoms with Crippen LogP contribution in [-0.4, -0.2) is 48.3 Å². The minimum atomic E-state index is -0.737. The second kappa shape index (κ2) is 9.00. The lowest BCUT2D eigenvalue weighted by atomic mass is 10.1. The molecule has 3 amide bonds. The first-order valence-corrected chi connectivity index (χ1v) is 9.22. The molecule has 7 heteroatoms. The quantitative estimate of drug-likeness (QED) is 0.384. The van der Waals surface area contributed by atoms with Crippen LogP contribution in [0, 0.1) is 0 Å². The third-order valence-electron chi connectivity index (χ3n) is 4.51. The number of fused-ring (bicyclic) bond motifs is 1. The van der Waals surface area contributed by atoms with Crippen molar-refractivity contribution in [3.05, 3.63) is 90.5 Å². The Hall–Kier alpha value is -4.00. The molecule has 152 valence electrons. The molecule has 1 aliphatic rings. The van der Waals surface area contributed by atoms with Gasteiger partial charge in [0.2, 0.25) is 0 Å². The molecular weight excluding hydrogens is 384 g/mol. The third-order valence-corrected chi connectivity index (χ3v) is 4.51. The van der Waals surface area contributed by atoms with E-state index in [9.17, 15) is 19.2 Å². The Labute approximate surface area is 173 Å². The summed E-state index contributed by atoms with van der Waals surface area (Å²) in [6.07, 6.45) is 3.13. The number of amides is 3. The number of esters is 1. The van der Waals surface area contributed by atoms with Crippen LogP contribution in [0.25, 0.3) is 0 Å². The van der Waals surface area contributed by atoms with Crippen molar-refractivity contribution in [2.75, 3.05) is 24.6 Å². The number of hydrogen-bond acceptors (Lipinski definition) is 5. The Morgan fingerprint density at radius 3 is 2.10 bits per heavy atom. The molecule has 0 aliphatic carbocycles. The molecule has 30 heavy (non-hydrogen) atoms. The van der Waals surface area contributed by atoms with E-state index < -0.39 is 24.4 Å². The lowest BCUT2D eigenvalue weighted by molar-refractivity contribution is -0.133. The maximum atomic E-state index is 12.6. The van der Waals surface area contributed by atoms with Crippen LogP contribution in [0.15, 0.2) is 73.8 Å². The Morgan fingerprint density at radius 2 is 1.53 bits per heavy atom. The van der Waals surface area contributed by atoms with Gasteiger partial charge in [0.05, 0.1) is 22.4 Å².